The predicted octanol–water partition coefficient (Wildman–Crippen LogP) is 1.60. The van der Waals surface area contributed by atoms with Gasteiger partial charge < -0.3 is 16.6 Å². The number of thiazole rings is 1. The molecule has 0 atom stereocenters. The summed E-state index contributed by atoms with van der Waals surface area (Å²) in [6, 6.07) is 6.91. The minimum atomic E-state index is -0.0999. The summed E-state index contributed by atoms with van der Waals surface area (Å²) in [5, 5.41) is 21.9. The number of aromatic nitrogens is 1. The average Bonchev–Trinajstić information content (AvgIpc) is 2.88. The molecule has 9 heteroatoms. The van der Waals surface area contributed by atoms with E-state index in [4.69, 9.17) is 11.5 Å². The fourth-order valence-corrected chi connectivity index (χ4v) is 2.57. The summed E-state index contributed by atoms with van der Waals surface area (Å²) in [4.78, 5) is 5.21. The van der Waals surface area contributed by atoms with Gasteiger partial charge in [0.05, 0.1) is 22.5 Å². The van der Waals surface area contributed by atoms with E-state index in [0.29, 0.717) is 16.4 Å². The van der Waals surface area contributed by atoms with E-state index in [9.17, 15) is 5.11 Å². The maximum atomic E-state index is 9.65. The third-order valence-corrected chi connectivity index (χ3v) is 3.91. The molecular formula is C14H17N7OS. The topological polar surface area (TPSA) is 134 Å². The molecule has 1 aromatic heterocycles. The summed E-state index contributed by atoms with van der Waals surface area (Å²) in [5.74, 6) is 0.0615. The predicted molar refractivity (Wildman–Crippen MR) is 94.2 cm³/mol. The number of benzene rings is 1. The van der Waals surface area contributed by atoms with E-state index in [-0.39, 0.29) is 11.7 Å². The van der Waals surface area contributed by atoms with E-state index in [1.54, 1.807) is 25.1 Å². The smallest absolute Gasteiger partial charge is 0.211 e. The standard InChI is InChI=1S/C14H17N7OS/c1-8-12(9(2)19-20-13(15)16)23-14(18-8)21-17-7-10-5-3-4-6-11(10)22/h3-7,22H,1-2H3,(H,18,21)(H4,15,16,20)/b17-7+,19-9+. The normalized spacial score (nSPS) is 11.7. The number of nitrogens with one attached hydrogen (secondary N) is 1. The molecule has 0 fully saturated rings. The van der Waals surface area contributed by atoms with Crippen molar-refractivity contribution >= 4 is 34.4 Å². The van der Waals surface area contributed by atoms with Crippen LogP contribution in [0.15, 0.2) is 39.6 Å². The van der Waals surface area contributed by atoms with Gasteiger partial charge >= 0.3 is 0 Å². The minimum absolute atomic E-state index is 0.0999. The van der Waals surface area contributed by atoms with Crippen molar-refractivity contribution in [3.05, 3.63) is 40.4 Å². The molecule has 2 aromatic rings. The van der Waals surface area contributed by atoms with Crippen LogP contribution in [0.5, 0.6) is 5.75 Å². The lowest BCUT2D eigenvalue weighted by atomic mass is 10.2. The highest BCUT2D eigenvalue weighted by Crippen LogP contribution is 2.23. The van der Waals surface area contributed by atoms with Gasteiger partial charge in [-0.1, -0.05) is 23.5 Å². The van der Waals surface area contributed by atoms with Crippen LogP contribution < -0.4 is 16.9 Å². The molecule has 0 bridgehead atoms. The number of phenolic OH excluding ortho intramolecular Hbond substituents is 1. The Morgan fingerprint density at radius 1 is 1.30 bits per heavy atom. The maximum Gasteiger partial charge on any atom is 0.211 e. The molecule has 0 saturated carbocycles. The van der Waals surface area contributed by atoms with E-state index in [0.717, 1.165) is 10.6 Å². The number of hydrogen-bond acceptors (Lipinski definition) is 7. The maximum absolute atomic E-state index is 9.65. The summed E-state index contributed by atoms with van der Waals surface area (Å²) < 4.78 is 0. The molecular weight excluding hydrogens is 314 g/mol. The zero-order valence-electron chi connectivity index (χ0n) is 12.7. The molecule has 0 unspecified atom stereocenters. The van der Waals surface area contributed by atoms with Gasteiger partial charge in [-0.25, -0.2) is 4.98 Å². The van der Waals surface area contributed by atoms with Crippen LogP contribution in [-0.4, -0.2) is 28.0 Å². The van der Waals surface area contributed by atoms with E-state index < -0.39 is 0 Å². The Morgan fingerprint density at radius 3 is 2.74 bits per heavy atom. The third-order valence-electron chi connectivity index (χ3n) is 2.74. The summed E-state index contributed by atoms with van der Waals surface area (Å²) in [6.45, 7) is 3.65. The van der Waals surface area contributed by atoms with Gasteiger partial charge in [-0.3, -0.25) is 5.43 Å². The Labute approximate surface area is 137 Å². The highest BCUT2D eigenvalue weighted by Gasteiger charge is 2.10. The first kappa shape index (κ1) is 16.4. The van der Waals surface area contributed by atoms with Gasteiger partial charge in [0.15, 0.2) is 0 Å². The van der Waals surface area contributed by atoms with Gasteiger partial charge in [0, 0.05) is 5.56 Å². The molecule has 0 amide bonds. The van der Waals surface area contributed by atoms with E-state index in [2.05, 4.69) is 25.7 Å². The SMILES string of the molecule is C/C(=N\N=C(N)N)c1sc(N/N=C/c2ccccc2O)nc1C. The van der Waals surface area contributed by atoms with E-state index in [1.165, 1.54) is 17.6 Å². The van der Waals surface area contributed by atoms with Gasteiger partial charge in [0.2, 0.25) is 11.1 Å². The number of phenols is 1. The van der Waals surface area contributed by atoms with Crippen LogP contribution in [-0.2, 0) is 0 Å². The van der Waals surface area contributed by atoms with Crippen molar-refractivity contribution in [3.8, 4) is 5.75 Å². The van der Waals surface area contributed by atoms with Crippen molar-refractivity contribution in [2.45, 2.75) is 13.8 Å². The molecule has 0 spiro atoms. The average molecular weight is 331 g/mol. The van der Waals surface area contributed by atoms with Crippen molar-refractivity contribution in [1.29, 1.82) is 0 Å². The number of guanidine groups is 1. The summed E-state index contributed by atoms with van der Waals surface area (Å²) in [5.41, 5.74) is 15.4. The van der Waals surface area contributed by atoms with Crippen LogP contribution in [0.25, 0.3) is 0 Å². The molecule has 1 heterocycles. The molecule has 0 aliphatic carbocycles. The summed E-state index contributed by atoms with van der Waals surface area (Å²) in [7, 11) is 0. The van der Waals surface area contributed by atoms with Crippen LogP contribution >= 0.6 is 11.3 Å². The van der Waals surface area contributed by atoms with Crippen LogP contribution in [0.3, 0.4) is 0 Å². The Bertz CT molecular complexity index is 775. The first-order valence-electron chi connectivity index (χ1n) is 6.65. The second-order valence-electron chi connectivity index (χ2n) is 4.57. The monoisotopic (exact) mass is 331 g/mol. The number of nitrogens with two attached hydrogens (primary N) is 2. The van der Waals surface area contributed by atoms with Crippen molar-refractivity contribution in [2.75, 3.05) is 5.43 Å². The molecule has 6 N–H and O–H groups in total. The first-order valence-corrected chi connectivity index (χ1v) is 7.47. The van der Waals surface area contributed by atoms with Crippen molar-refractivity contribution in [2.24, 2.45) is 26.8 Å². The number of hydrazone groups is 1. The highest BCUT2D eigenvalue weighted by atomic mass is 32.1. The number of rotatable bonds is 5. The van der Waals surface area contributed by atoms with Gasteiger partial charge in [-0.2, -0.15) is 10.2 Å². The quantitative estimate of drug-likeness (QED) is 0.375. The number of nitrogens with zero attached hydrogens (tertiary/aromatic N) is 4. The zero-order chi connectivity index (χ0) is 16.8. The fraction of sp³-hybridized carbons (Fsp3) is 0.143. The highest BCUT2D eigenvalue weighted by molar-refractivity contribution is 7.17. The largest absolute Gasteiger partial charge is 0.507 e. The lowest BCUT2D eigenvalue weighted by molar-refractivity contribution is 0.474. The Morgan fingerprint density at radius 2 is 2.04 bits per heavy atom. The number of anilines is 1. The van der Waals surface area contributed by atoms with Crippen LogP contribution in [0, 0.1) is 6.92 Å². The second kappa shape index (κ2) is 7.36. The molecule has 0 aliphatic heterocycles. The Balaban J connectivity index is 2.11. The van der Waals surface area contributed by atoms with Crippen molar-refractivity contribution in [3.63, 3.8) is 0 Å². The lowest BCUT2D eigenvalue weighted by Gasteiger charge is -1.97. The fourth-order valence-electron chi connectivity index (χ4n) is 1.71. The summed E-state index contributed by atoms with van der Waals surface area (Å²) in [6.07, 6.45) is 1.52. The molecule has 23 heavy (non-hydrogen) atoms. The minimum Gasteiger partial charge on any atom is -0.507 e. The van der Waals surface area contributed by atoms with E-state index in [1.807, 2.05) is 13.0 Å². The molecule has 0 radical (unpaired) electrons. The van der Waals surface area contributed by atoms with Crippen LogP contribution in [0.1, 0.15) is 23.1 Å². The number of para-hydroxylation sites is 1. The van der Waals surface area contributed by atoms with Gasteiger partial charge in [0.25, 0.3) is 0 Å². The number of hydrogen-bond donors (Lipinski definition) is 4. The third kappa shape index (κ3) is 4.51. The summed E-state index contributed by atoms with van der Waals surface area (Å²) >= 11 is 1.38. The van der Waals surface area contributed by atoms with Crippen molar-refractivity contribution < 1.29 is 5.11 Å². The first-order chi connectivity index (χ1) is 11.0. The molecule has 0 saturated heterocycles. The molecule has 1 aromatic carbocycles. The number of aryl methyl sites for hydroxylation is 1. The molecule has 0 aliphatic rings. The number of aromatic hydroxyl groups is 1. The van der Waals surface area contributed by atoms with Gasteiger partial charge in [-0.05, 0) is 26.0 Å². The molecule has 2 rings (SSSR count). The lowest BCUT2D eigenvalue weighted by Crippen LogP contribution is -2.22. The van der Waals surface area contributed by atoms with Gasteiger partial charge in [-0.15, -0.1) is 5.10 Å². The van der Waals surface area contributed by atoms with Crippen LogP contribution in [0.4, 0.5) is 5.13 Å². The Hall–Kier alpha value is -2.94. The second-order valence-corrected chi connectivity index (χ2v) is 5.57. The zero-order valence-corrected chi connectivity index (χ0v) is 13.5. The molecule has 120 valence electrons. The van der Waals surface area contributed by atoms with Crippen molar-refractivity contribution in [1.82, 2.24) is 4.98 Å². The Kier molecular flexibility index (Phi) is 5.26. The van der Waals surface area contributed by atoms with Crippen LogP contribution in [0.2, 0.25) is 0 Å². The van der Waals surface area contributed by atoms with E-state index >= 15 is 0 Å². The molecule has 8 nitrogen and oxygen atoms in total. The van der Waals surface area contributed by atoms with Gasteiger partial charge in [0.1, 0.15) is 5.75 Å².